The molecule has 3 N–H and O–H groups in total. The van der Waals surface area contributed by atoms with Crippen molar-refractivity contribution in [3.63, 3.8) is 0 Å². The second kappa shape index (κ2) is 53.5. The van der Waals surface area contributed by atoms with Gasteiger partial charge in [-0.3, -0.25) is 9.59 Å². The van der Waals surface area contributed by atoms with Crippen LogP contribution in [-0.2, 0) is 14.3 Å². The van der Waals surface area contributed by atoms with E-state index in [1.165, 1.54) is 244 Å². The monoisotopic (exact) mass is 892 g/mol. The largest absolute Gasteiger partial charge is 0.466 e. The predicted octanol–water partition coefficient (Wildman–Crippen LogP) is 17.5. The van der Waals surface area contributed by atoms with E-state index in [2.05, 4.69) is 19.2 Å². The molecule has 63 heavy (non-hydrogen) atoms. The molecule has 0 bridgehead atoms. The molecule has 2 unspecified atom stereocenters. The van der Waals surface area contributed by atoms with E-state index in [1.807, 2.05) is 0 Å². The molecule has 376 valence electrons. The Morgan fingerprint density at radius 1 is 0.381 bits per heavy atom. The fraction of sp³-hybridized carbons (Fsp3) is 0.965. The number of nitrogens with one attached hydrogen (secondary N) is 1. The van der Waals surface area contributed by atoms with E-state index in [4.69, 9.17) is 4.74 Å². The second-order valence-electron chi connectivity index (χ2n) is 20.0. The lowest BCUT2D eigenvalue weighted by Crippen LogP contribution is -2.45. The molecule has 0 saturated carbocycles. The number of amides is 1. The first-order valence-electron chi connectivity index (χ1n) is 28.8. The summed E-state index contributed by atoms with van der Waals surface area (Å²) >= 11 is 0. The topological polar surface area (TPSA) is 95.9 Å². The molecule has 0 aliphatic heterocycles. The average molecular weight is 893 g/mol. The fourth-order valence-electron chi connectivity index (χ4n) is 9.23. The Balaban J connectivity index is 3.42. The highest BCUT2D eigenvalue weighted by Crippen LogP contribution is 2.18. The standard InChI is InChI=1S/C57H113NO5/c1-3-5-7-9-11-13-15-17-19-20-21-22-25-29-33-37-41-45-49-55(60)54(53-59)58-56(61)50-46-42-38-34-30-26-23-24-28-32-36-40-44-48-52-63-57(62)51-47-43-39-35-31-27-18-16-14-12-10-8-6-4-2/h54-55,59-60H,3-53H2,1-2H3,(H,58,61). The van der Waals surface area contributed by atoms with Crippen molar-refractivity contribution in [1.82, 2.24) is 5.32 Å². The van der Waals surface area contributed by atoms with E-state index in [0.717, 1.165) is 51.4 Å². The van der Waals surface area contributed by atoms with Gasteiger partial charge in [0.15, 0.2) is 0 Å². The summed E-state index contributed by atoms with van der Waals surface area (Å²) in [4.78, 5) is 24.5. The Hall–Kier alpha value is -1.14. The van der Waals surface area contributed by atoms with Crippen LogP contribution in [0.25, 0.3) is 0 Å². The molecule has 0 aromatic heterocycles. The molecule has 0 aliphatic carbocycles. The van der Waals surface area contributed by atoms with Crippen molar-refractivity contribution in [2.75, 3.05) is 13.2 Å². The highest BCUT2D eigenvalue weighted by Gasteiger charge is 2.20. The highest BCUT2D eigenvalue weighted by molar-refractivity contribution is 5.76. The third-order valence-electron chi connectivity index (χ3n) is 13.7. The summed E-state index contributed by atoms with van der Waals surface area (Å²) in [6.45, 7) is 4.96. The molecule has 0 aromatic carbocycles. The van der Waals surface area contributed by atoms with Crippen LogP contribution in [0.5, 0.6) is 0 Å². The Morgan fingerprint density at radius 2 is 0.651 bits per heavy atom. The number of rotatable bonds is 54. The van der Waals surface area contributed by atoms with Crippen molar-refractivity contribution in [3.8, 4) is 0 Å². The van der Waals surface area contributed by atoms with Crippen LogP contribution in [0.15, 0.2) is 0 Å². The smallest absolute Gasteiger partial charge is 0.305 e. The number of carbonyl (C=O) groups is 2. The molecule has 1 amide bonds. The summed E-state index contributed by atoms with van der Waals surface area (Å²) in [6.07, 6.45) is 60.8. The van der Waals surface area contributed by atoms with Gasteiger partial charge in [-0.2, -0.15) is 0 Å². The van der Waals surface area contributed by atoms with E-state index in [0.29, 0.717) is 25.9 Å². The van der Waals surface area contributed by atoms with Crippen molar-refractivity contribution in [2.45, 2.75) is 341 Å². The zero-order valence-corrected chi connectivity index (χ0v) is 42.8. The number of ether oxygens (including phenoxy) is 1. The number of aliphatic hydroxyl groups is 2. The van der Waals surface area contributed by atoms with Gasteiger partial charge < -0.3 is 20.3 Å². The Labute approximate surface area is 394 Å². The van der Waals surface area contributed by atoms with Gasteiger partial charge in [0.05, 0.1) is 25.4 Å². The Morgan fingerprint density at radius 3 is 0.968 bits per heavy atom. The lowest BCUT2D eigenvalue weighted by molar-refractivity contribution is -0.143. The van der Waals surface area contributed by atoms with Gasteiger partial charge in [-0.1, -0.05) is 290 Å². The van der Waals surface area contributed by atoms with Crippen molar-refractivity contribution in [3.05, 3.63) is 0 Å². The normalized spacial score (nSPS) is 12.5. The van der Waals surface area contributed by atoms with Gasteiger partial charge in [0, 0.05) is 12.8 Å². The molecule has 6 nitrogen and oxygen atoms in total. The number of hydrogen-bond donors (Lipinski definition) is 3. The van der Waals surface area contributed by atoms with Crippen LogP contribution in [0, 0.1) is 0 Å². The van der Waals surface area contributed by atoms with Gasteiger partial charge in [-0.25, -0.2) is 0 Å². The molecule has 0 fully saturated rings. The zero-order chi connectivity index (χ0) is 45.8. The van der Waals surface area contributed by atoms with Gasteiger partial charge in [0.2, 0.25) is 5.91 Å². The van der Waals surface area contributed by atoms with E-state index < -0.39 is 12.1 Å². The summed E-state index contributed by atoms with van der Waals surface area (Å²) < 4.78 is 5.47. The predicted molar refractivity (Wildman–Crippen MR) is 274 cm³/mol. The zero-order valence-electron chi connectivity index (χ0n) is 42.8. The summed E-state index contributed by atoms with van der Waals surface area (Å²) in [5, 5.41) is 23.3. The summed E-state index contributed by atoms with van der Waals surface area (Å²) in [7, 11) is 0. The maximum atomic E-state index is 12.5. The molecule has 2 atom stereocenters. The highest BCUT2D eigenvalue weighted by atomic mass is 16.5. The van der Waals surface area contributed by atoms with Crippen molar-refractivity contribution >= 4 is 11.9 Å². The van der Waals surface area contributed by atoms with Crippen LogP contribution in [0.1, 0.15) is 328 Å². The summed E-state index contributed by atoms with van der Waals surface area (Å²) in [5.74, 6) is -0.0405. The molecule has 6 heteroatoms. The molecule has 0 rings (SSSR count). The third kappa shape index (κ3) is 50.1. The minimum absolute atomic E-state index is 0.00124. The average Bonchev–Trinajstić information content (AvgIpc) is 3.28. The van der Waals surface area contributed by atoms with E-state index in [1.54, 1.807) is 0 Å². The first-order chi connectivity index (χ1) is 31.0. The Kier molecular flexibility index (Phi) is 52.5. The molecule has 0 saturated heterocycles. The molecule has 0 aromatic rings. The molecule has 0 heterocycles. The van der Waals surface area contributed by atoms with Gasteiger partial charge in [0.25, 0.3) is 0 Å². The summed E-state index contributed by atoms with van der Waals surface area (Å²) in [6, 6.07) is -0.548. The van der Waals surface area contributed by atoms with E-state index in [-0.39, 0.29) is 18.5 Å². The van der Waals surface area contributed by atoms with Gasteiger partial charge in [0.1, 0.15) is 0 Å². The number of aliphatic hydroxyl groups excluding tert-OH is 2. The lowest BCUT2D eigenvalue weighted by atomic mass is 10.0. The van der Waals surface area contributed by atoms with Crippen LogP contribution in [-0.4, -0.2) is 47.4 Å². The third-order valence-corrected chi connectivity index (χ3v) is 13.7. The van der Waals surface area contributed by atoms with E-state index in [9.17, 15) is 19.8 Å². The minimum atomic E-state index is -0.670. The van der Waals surface area contributed by atoms with Crippen LogP contribution in [0.3, 0.4) is 0 Å². The quantitative estimate of drug-likeness (QED) is 0.0418. The second-order valence-corrected chi connectivity index (χ2v) is 20.0. The molecular formula is C57H113NO5. The lowest BCUT2D eigenvalue weighted by Gasteiger charge is -2.22. The maximum absolute atomic E-state index is 12.5. The Bertz CT molecular complexity index is 898. The fourth-order valence-corrected chi connectivity index (χ4v) is 9.23. The first kappa shape index (κ1) is 61.9. The SMILES string of the molecule is CCCCCCCCCCCCCCCCCCCCC(O)C(CO)NC(=O)CCCCCCCCCCCCCCCCOC(=O)CCCCCCCCCCCCCCCC. The maximum Gasteiger partial charge on any atom is 0.305 e. The first-order valence-corrected chi connectivity index (χ1v) is 28.8. The van der Waals surface area contributed by atoms with Gasteiger partial charge in [-0.15, -0.1) is 0 Å². The number of unbranched alkanes of at least 4 members (excludes halogenated alkanes) is 43. The van der Waals surface area contributed by atoms with Crippen LogP contribution in [0.4, 0.5) is 0 Å². The van der Waals surface area contributed by atoms with Gasteiger partial charge >= 0.3 is 5.97 Å². The van der Waals surface area contributed by atoms with Crippen molar-refractivity contribution in [1.29, 1.82) is 0 Å². The van der Waals surface area contributed by atoms with E-state index >= 15 is 0 Å². The number of esters is 1. The summed E-state index contributed by atoms with van der Waals surface area (Å²) in [5.41, 5.74) is 0. The molecule has 0 spiro atoms. The van der Waals surface area contributed by atoms with Gasteiger partial charge in [-0.05, 0) is 25.7 Å². The number of hydrogen-bond acceptors (Lipinski definition) is 5. The van der Waals surface area contributed by atoms with Crippen LogP contribution in [0.2, 0.25) is 0 Å². The molecule has 0 aliphatic rings. The number of carbonyl (C=O) groups excluding carboxylic acids is 2. The van der Waals surface area contributed by atoms with Crippen LogP contribution < -0.4 is 5.32 Å². The van der Waals surface area contributed by atoms with Crippen molar-refractivity contribution in [2.24, 2.45) is 0 Å². The van der Waals surface area contributed by atoms with Crippen LogP contribution >= 0.6 is 0 Å². The molecular weight excluding hydrogens is 779 g/mol. The molecule has 0 radical (unpaired) electrons. The van der Waals surface area contributed by atoms with Crippen molar-refractivity contribution < 1.29 is 24.5 Å². The minimum Gasteiger partial charge on any atom is -0.466 e.